The van der Waals surface area contributed by atoms with Crippen LogP contribution in [0.15, 0.2) is 36.9 Å². The molecule has 2 atom stereocenters. The Morgan fingerprint density at radius 1 is 1.10 bits per heavy atom. The molecular formula is C20H22FN7O2. The quantitative estimate of drug-likeness (QED) is 0.636. The molecule has 4 rings (SSSR count). The van der Waals surface area contributed by atoms with E-state index in [1.807, 2.05) is 13.8 Å². The number of morpholine rings is 1. The number of hydrogen-bond acceptors (Lipinski definition) is 9. The van der Waals surface area contributed by atoms with Gasteiger partial charge >= 0.3 is 0 Å². The predicted octanol–water partition coefficient (Wildman–Crippen LogP) is 2.83. The van der Waals surface area contributed by atoms with Crippen molar-refractivity contribution in [1.82, 2.24) is 24.9 Å². The summed E-state index contributed by atoms with van der Waals surface area (Å²) in [7, 11) is 1.51. The Morgan fingerprint density at radius 2 is 1.90 bits per heavy atom. The molecule has 156 valence electrons. The molecule has 0 aliphatic carbocycles. The van der Waals surface area contributed by atoms with E-state index in [2.05, 4.69) is 35.1 Å². The molecule has 3 aromatic heterocycles. The van der Waals surface area contributed by atoms with Gasteiger partial charge in [0.2, 0.25) is 17.8 Å². The highest BCUT2D eigenvalue weighted by Gasteiger charge is 2.24. The molecule has 1 N–H and O–H groups in total. The number of nitrogens with one attached hydrogen (secondary N) is 1. The lowest BCUT2D eigenvalue weighted by molar-refractivity contribution is -0.00571. The Hall–Kier alpha value is -3.40. The molecule has 0 aromatic carbocycles. The van der Waals surface area contributed by atoms with Crippen LogP contribution in [0.1, 0.15) is 13.8 Å². The minimum absolute atomic E-state index is 0.0814. The van der Waals surface area contributed by atoms with Crippen molar-refractivity contribution in [2.75, 3.05) is 30.4 Å². The van der Waals surface area contributed by atoms with Crippen LogP contribution in [-0.2, 0) is 4.74 Å². The Labute approximate surface area is 173 Å². The van der Waals surface area contributed by atoms with E-state index in [0.29, 0.717) is 42.0 Å². The highest BCUT2D eigenvalue weighted by molar-refractivity contribution is 5.66. The van der Waals surface area contributed by atoms with Crippen molar-refractivity contribution in [2.45, 2.75) is 26.1 Å². The van der Waals surface area contributed by atoms with Crippen LogP contribution < -0.4 is 15.0 Å². The molecule has 30 heavy (non-hydrogen) atoms. The van der Waals surface area contributed by atoms with Crippen LogP contribution >= 0.6 is 0 Å². The van der Waals surface area contributed by atoms with Gasteiger partial charge in [-0.1, -0.05) is 0 Å². The highest BCUT2D eigenvalue weighted by atomic mass is 19.1. The van der Waals surface area contributed by atoms with Gasteiger partial charge in [0.1, 0.15) is 5.82 Å². The highest BCUT2D eigenvalue weighted by Crippen LogP contribution is 2.25. The van der Waals surface area contributed by atoms with E-state index >= 15 is 0 Å². The summed E-state index contributed by atoms with van der Waals surface area (Å²) in [6.45, 7) is 5.41. The summed E-state index contributed by atoms with van der Waals surface area (Å²) in [5.74, 6) is 0.777. The number of aromatic nitrogens is 5. The van der Waals surface area contributed by atoms with Gasteiger partial charge in [0.25, 0.3) is 0 Å². The molecule has 1 aliphatic rings. The Kier molecular flexibility index (Phi) is 5.66. The third-order valence-electron chi connectivity index (χ3n) is 4.58. The normalized spacial score (nSPS) is 18.9. The van der Waals surface area contributed by atoms with Gasteiger partial charge in [0.05, 0.1) is 43.1 Å². The van der Waals surface area contributed by atoms with E-state index in [9.17, 15) is 4.39 Å². The first-order valence-corrected chi connectivity index (χ1v) is 9.54. The summed E-state index contributed by atoms with van der Waals surface area (Å²) in [5.41, 5.74) is 1.34. The van der Waals surface area contributed by atoms with Gasteiger partial charge in [-0.2, -0.15) is 9.37 Å². The average Bonchev–Trinajstić information content (AvgIpc) is 2.75. The number of hydrogen-bond donors (Lipinski definition) is 1. The average molecular weight is 411 g/mol. The summed E-state index contributed by atoms with van der Waals surface area (Å²) >= 11 is 0. The van der Waals surface area contributed by atoms with Crippen molar-refractivity contribution < 1.29 is 13.9 Å². The van der Waals surface area contributed by atoms with Gasteiger partial charge in [0.15, 0.2) is 0 Å². The minimum Gasteiger partial charge on any atom is -0.480 e. The lowest BCUT2D eigenvalue weighted by Crippen LogP contribution is -2.46. The summed E-state index contributed by atoms with van der Waals surface area (Å²) in [6, 6.07) is 3.29. The number of ether oxygens (including phenoxy) is 2. The smallest absolute Gasteiger partial charge is 0.236 e. The van der Waals surface area contributed by atoms with Crippen molar-refractivity contribution in [3.8, 4) is 17.1 Å². The lowest BCUT2D eigenvalue weighted by Gasteiger charge is -2.35. The zero-order chi connectivity index (χ0) is 21.1. The van der Waals surface area contributed by atoms with Crippen molar-refractivity contribution in [2.24, 2.45) is 0 Å². The SMILES string of the molecule is COc1cnc(-c2cnc(F)c(Nc3ccnc(N4C[C@@H](C)O[C@@H](C)C4)n3)c2)cn1. The second kappa shape index (κ2) is 8.54. The van der Waals surface area contributed by atoms with Gasteiger partial charge in [-0.15, -0.1) is 0 Å². The van der Waals surface area contributed by atoms with E-state index in [1.54, 1.807) is 24.5 Å². The summed E-state index contributed by atoms with van der Waals surface area (Å²) in [4.78, 5) is 23.2. The molecule has 0 amide bonds. The zero-order valence-electron chi connectivity index (χ0n) is 16.9. The summed E-state index contributed by atoms with van der Waals surface area (Å²) in [5, 5.41) is 2.99. The van der Waals surface area contributed by atoms with E-state index < -0.39 is 5.95 Å². The topological polar surface area (TPSA) is 98.2 Å². The molecule has 3 aromatic rings. The summed E-state index contributed by atoms with van der Waals surface area (Å²) < 4.78 is 25.1. The molecule has 0 bridgehead atoms. The molecule has 0 spiro atoms. The predicted molar refractivity (Wildman–Crippen MR) is 109 cm³/mol. The van der Waals surface area contributed by atoms with Crippen LogP contribution in [0.2, 0.25) is 0 Å². The number of anilines is 3. The molecule has 1 aliphatic heterocycles. The first kappa shape index (κ1) is 19.9. The van der Waals surface area contributed by atoms with Crippen molar-refractivity contribution in [1.29, 1.82) is 0 Å². The second-order valence-electron chi connectivity index (χ2n) is 7.04. The van der Waals surface area contributed by atoms with Crippen LogP contribution in [0.5, 0.6) is 5.88 Å². The maximum atomic E-state index is 14.3. The Bertz CT molecular complexity index is 1010. The minimum atomic E-state index is -0.644. The van der Waals surface area contributed by atoms with Crippen molar-refractivity contribution in [3.05, 3.63) is 42.9 Å². The van der Waals surface area contributed by atoms with Crippen LogP contribution in [0.4, 0.5) is 21.8 Å². The first-order valence-electron chi connectivity index (χ1n) is 9.54. The fraction of sp³-hybridized carbons (Fsp3) is 0.350. The van der Waals surface area contributed by atoms with E-state index in [4.69, 9.17) is 9.47 Å². The zero-order valence-corrected chi connectivity index (χ0v) is 16.9. The first-order chi connectivity index (χ1) is 14.5. The summed E-state index contributed by atoms with van der Waals surface area (Å²) in [6.07, 6.45) is 6.24. The van der Waals surface area contributed by atoms with E-state index in [1.165, 1.54) is 19.5 Å². The van der Waals surface area contributed by atoms with Crippen molar-refractivity contribution >= 4 is 17.5 Å². The fourth-order valence-electron chi connectivity index (χ4n) is 3.30. The Morgan fingerprint density at radius 3 is 2.60 bits per heavy atom. The largest absolute Gasteiger partial charge is 0.480 e. The number of halogens is 1. The molecule has 0 radical (unpaired) electrons. The van der Waals surface area contributed by atoms with Gasteiger partial charge in [0, 0.05) is 31.0 Å². The number of methoxy groups -OCH3 is 1. The lowest BCUT2D eigenvalue weighted by atomic mass is 10.2. The third-order valence-corrected chi connectivity index (χ3v) is 4.58. The van der Waals surface area contributed by atoms with Gasteiger partial charge < -0.3 is 19.7 Å². The van der Waals surface area contributed by atoms with Crippen LogP contribution in [0.3, 0.4) is 0 Å². The van der Waals surface area contributed by atoms with E-state index in [0.717, 1.165) is 0 Å². The number of rotatable bonds is 5. The second-order valence-corrected chi connectivity index (χ2v) is 7.04. The van der Waals surface area contributed by atoms with Gasteiger partial charge in [-0.05, 0) is 26.0 Å². The Balaban J connectivity index is 1.56. The maximum Gasteiger partial charge on any atom is 0.236 e. The van der Waals surface area contributed by atoms with Gasteiger partial charge in [-0.25, -0.2) is 19.9 Å². The molecule has 9 nitrogen and oxygen atoms in total. The molecule has 1 saturated heterocycles. The standard InChI is InChI=1S/C20H22FN7O2/c1-12-10-28(11-13(2)30-12)20-22-5-4-17(27-20)26-15-6-14(7-25-19(15)21)16-8-24-18(29-3)9-23-16/h4-9,12-13H,10-11H2,1-3H3,(H,22,26,27)/t12-,13+. The molecule has 0 unspecified atom stereocenters. The van der Waals surface area contributed by atoms with Crippen LogP contribution in [0.25, 0.3) is 11.3 Å². The number of nitrogens with zero attached hydrogens (tertiary/aromatic N) is 6. The van der Waals surface area contributed by atoms with Crippen LogP contribution in [-0.4, -0.2) is 57.3 Å². The van der Waals surface area contributed by atoms with Gasteiger partial charge in [-0.3, -0.25) is 0 Å². The maximum absolute atomic E-state index is 14.3. The van der Waals surface area contributed by atoms with Crippen molar-refractivity contribution in [3.63, 3.8) is 0 Å². The third kappa shape index (κ3) is 4.43. The monoisotopic (exact) mass is 411 g/mol. The molecule has 1 fully saturated rings. The molecule has 10 heteroatoms. The molecular weight excluding hydrogens is 389 g/mol. The number of pyridine rings is 1. The fourth-order valence-corrected chi connectivity index (χ4v) is 3.30. The molecule has 0 saturated carbocycles. The van der Waals surface area contributed by atoms with Crippen LogP contribution in [0, 0.1) is 5.95 Å². The molecule has 4 heterocycles. The van der Waals surface area contributed by atoms with E-state index in [-0.39, 0.29) is 17.9 Å².